The van der Waals surface area contributed by atoms with Gasteiger partial charge >= 0.3 is 0 Å². The maximum Gasteiger partial charge on any atom is 0.261 e. The third-order valence-corrected chi connectivity index (χ3v) is 6.18. The number of benzene rings is 2. The second kappa shape index (κ2) is 11.5. The minimum atomic E-state index is -0.100. The molecule has 4 rings (SSSR count). The number of nitrogens with zero attached hydrogens (tertiary/aromatic N) is 2. The Labute approximate surface area is 202 Å². The summed E-state index contributed by atoms with van der Waals surface area (Å²) in [7, 11) is 0. The van der Waals surface area contributed by atoms with Crippen LogP contribution in [0.25, 0.3) is 10.6 Å². The molecule has 0 saturated heterocycles. The average Bonchev–Trinajstić information content (AvgIpc) is 3.34. The van der Waals surface area contributed by atoms with E-state index in [1.807, 2.05) is 67.6 Å². The second-order valence-electron chi connectivity index (χ2n) is 7.83. The van der Waals surface area contributed by atoms with E-state index in [4.69, 9.17) is 5.11 Å². The van der Waals surface area contributed by atoms with E-state index in [0.717, 1.165) is 27.4 Å². The van der Waals surface area contributed by atoms with E-state index in [1.54, 1.807) is 6.20 Å². The van der Waals surface area contributed by atoms with Crippen molar-refractivity contribution in [3.05, 3.63) is 94.5 Å². The normalized spacial score (nSPS) is 10.8. The monoisotopic (exact) mass is 473 g/mol. The number of aliphatic hydroxyl groups is 1. The zero-order chi connectivity index (χ0) is 23.8. The van der Waals surface area contributed by atoms with E-state index < -0.39 is 0 Å². The number of thiophene rings is 1. The fraction of sp³-hybridized carbons (Fsp3) is 0.192. The number of rotatable bonds is 10. The third-order valence-electron chi connectivity index (χ3n) is 5.07. The first-order valence-electron chi connectivity index (χ1n) is 11.1. The third kappa shape index (κ3) is 6.48. The lowest BCUT2D eigenvalue weighted by Gasteiger charge is -2.08. The molecule has 0 unspecified atom stereocenters. The van der Waals surface area contributed by atoms with Crippen molar-refractivity contribution >= 4 is 28.9 Å². The molecule has 0 aliphatic heterocycles. The van der Waals surface area contributed by atoms with Crippen molar-refractivity contribution < 1.29 is 9.90 Å². The van der Waals surface area contributed by atoms with Gasteiger partial charge in [0.15, 0.2) is 0 Å². The van der Waals surface area contributed by atoms with Crippen LogP contribution in [0.2, 0.25) is 0 Å². The van der Waals surface area contributed by atoms with E-state index in [1.165, 1.54) is 16.9 Å². The quantitative estimate of drug-likeness (QED) is 0.257. The summed E-state index contributed by atoms with van der Waals surface area (Å²) in [6.45, 7) is 3.85. The van der Waals surface area contributed by atoms with E-state index >= 15 is 0 Å². The number of anilines is 2. The molecule has 0 spiro atoms. The van der Waals surface area contributed by atoms with Gasteiger partial charge in [0, 0.05) is 31.5 Å². The van der Waals surface area contributed by atoms with E-state index in [2.05, 4.69) is 32.0 Å². The minimum Gasteiger partial charge on any atom is -0.395 e. The van der Waals surface area contributed by atoms with Gasteiger partial charge in [0.05, 0.1) is 22.1 Å². The molecule has 8 heteroatoms. The zero-order valence-electron chi connectivity index (χ0n) is 18.9. The molecule has 0 radical (unpaired) electrons. The summed E-state index contributed by atoms with van der Waals surface area (Å²) in [5.41, 5.74) is 4.96. The molecular formula is C26H27N5O2S. The first-order chi connectivity index (χ1) is 16.6. The molecule has 2 aromatic carbocycles. The topological polar surface area (TPSA) is 99.2 Å². The summed E-state index contributed by atoms with van der Waals surface area (Å²) in [6, 6.07) is 21.6. The molecular weight excluding hydrogens is 446 g/mol. The van der Waals surface area contributed by atoms with Gasteiger partial charge < -0.3 is 21.1 Å². The zero-order valence-corrected chi connectivity index (χ0v) is 19.7. The summed E-state index contributed by atoms with van der Waals surface area (Å²) in [4.78, 5) is 23.1. The lowest BCUT2D eigenvalue weighted by Crippen LogP contribution is -2.21. The Balaban J connectivity index is 1.40. The summed E-state index contributed by atoms with van der Waals surface area (Å²) in [5.74, 6) is 0.383. The van der Waals surface area contributed by atoms with Gasteiger partial charge in [-0.15, -0.1) is 11.3 Å². The Morgan fingerprint density at radius 1 is 1.00 bits per heavy atom. The molecule has 0 bridgehead atoms. The average molecular weight is 474 g/mol. The lowest BCUT2D eigenvalue weighted by atomic mass is 10.1. The van der Waals surface area contributed by atoms with Crippen molar-refractivity contribution in [2.24, 2.45) is 0 Å². The van der Waals surface area contributed by atoms with Crippen LogP contribution in [0.15, 0.2) is 72.9 Å². The van der Waals surface area contributed by atoms with Crippen molar-refractivity contribution in [3.63, 3.8) is 0 Å². The molecule has 2 heterocycles. The number of aliphatic hydroxyl groups excluding tert-OH is 1. The van der Waals surface area contributed by atoms with E-state index in [0.29, 0.717) is 30.5 Å². The van der Waals surface area contributed by atoms with Crippen LogP contribution in [0.4, 0.5) is 11.6 Å². The largest absolute Gasteiger partial charge is 0.395 e. The number of hydrogen-bond acceptors (Lipinski definition) is 7. The molecule has 174 valence electrons. The second-order valence-corrected chi connectivity index (χ2v) is 8.91. The molecule has 0 aliphatic carbocycles. The van der Waals surface area contributed by atoms with Crippen LogP contribution in [0.3, 0.4) is 0 Å². The molecule has 4 aromatic rings. The van der Waals surface area contributed by atoms with Gasteiger partial charge in [-0.05, 0) is 48.4 Å². The highest BCUT2D eigenvalue weighted by Gasteiger charge is 2.12. The van der Waals surface area contributed by atoms with Crippen LogP contribution in [-0.2, 0) is 13.1 Å². The molecule has 1 amide bonds. The van der Waals surface area contributed by atoms with Gasteiger partial charge in [0.25, 0.3) is 5.91 Å². The van der Waals surface area contributed by atoms with Crippen molar-refractivity contribution in [2.45, 2.75) is 20.0 Å². The molecule has 2 aromatic heterocycles. The number of hydrogen-bond donors (Lipinski definition) is 4. The summed E-state index contributed by atoms with van der Waals surface area (Å²) in [5, 5.41) is 18.3. The van der Waals surface area contributed by atoms with Crippen molar-refractivity contribution in [3.8, 4) is 10.6 Å². The fourth-order valence-electron chi connectivity index (χ4n) is 3.45. The first kappa shape index (κ1) is 23.6. The van der Waals surface area contributed by atoms with Crippen molar-refractivity contribution in [1.29, 1.82) is 0 Å². The van der Waals surface area contributed by atoms with E-state index in [9.17, 15) is 4.79 Å². The predicted molar refractivity (Wildman–Crippen MR) is 136 cm³/mol. The van der Waals surface area contributed by atoms with Crippen molar-refractivity contribution in [2.75, 3.05) is 18.5 Å². The molecule has 7 nitrogen and oxygen atoms in total. The Hall–Kier alpha value is -3.59. The van der Waals surface area contributed by atoms with Crippen LogP contribution in [0.1, 0.15) is 26.4 Å². The Bertz CT molecular complexity index is 1260. The molecule has 0 atom stereocenters. The summed E-state index contributed by atoms with van der Waals surface area (Å²) >= 11 is 1.40. The highest BCUT2D eigenvalue weighted by molar-refractivity contribution is 7.17. The van der Waals surface area contributed by atoms with Crippen LogP contribution >= 0.6 is 11.3 Å². The number of aromatic nitrogens is 2. The van der Waals surface area contributed by atoms with Gasteiger partial charge in [0.2, 0.25) is 5.95 Å². The highest BCUT2D eigenvalue weighted by Crippen LogP contribution is 2.27. The standard InChI is InChI=1S/C26H27N5O2S/c1-18-4-2-5-19(14-18)17-29-25(33)24-9-8-23(34-24)22-10-11-28-26(31-22)30-21-7-3-6-20(15-21)16-27-12-13-32/h2-11,14-15,27,32H,12-13,16-17H2,1H3,(H,29,33)(H,28,30,31). The van der Waals surface area contributed by atoms with Gasteiger partial charge in [-0.2, -0.15) is 0 Å². The van der Waals surface area contributed by atoms with Crippen LogP contribution in [-0.4, -0.2) is 34.1 Å². The Morgan fingerprint density at radius 3 is 2.65 bits per heavy atom. The van der Waals surface area contributed by atoms with Crippen LogP contribution < -0.4 is 16.0 Å². The number of carbonyl (C=O) groups is 1. The fourth-order valence-corrected chi connectivity index (χ4v) is 4.34. The van der Waals surface area contributed by atoms with Gasteiger partial charge in [-0.3, -0.25) is 4.79 Å². The minimum absolute atomic E-state index is 0.100. The molecule has 0 fully saturated rings. The highest BCUT2D eigenvalue weighted by atomic mass is 32.1. The lowest BCUT2D eigenvalue weighted by molar-refractivity contribution is 0.0955. The molecule has 0 saturated carbocycles. The number of aryl methyl sites for hydroxylation is 1. The van der Waals surface area contributed by atoms with Gasteiger partial charge in [-0.1, -0.05) is 42.0 Å². The van der Waals surface area contributed by atoms with Gasteiger partial charge in [-0.25, -0.2) is 9.97 Å². The molecule has 4 N–H and O–H groups in total. The maximum absolute atomic E-state index is 12.6. The number of amides is 1. The summed E-state index contributed by atoms with van der Waals surface area (Å²) in [6.07, 6.45) is 1.70. The van der Waals surface area contributed by atoms with Gasteiger partial charge in [0.1, 0.15) is 0 Å². The van der Waals surface area contributed by atoms with E-state index in [-0.39, 0.29) is 12.5 Å². The molecule has 34 heavy (non-hydrogen) atoms. The molecule has 0 aliphatic rings. The maximum atomic E-state index is 12.6. The van der Waals surface area contributed by atoms with Crippen LogP contribution in [0, 0.1) is 6.92 Å². The SMILES string of the molecule is Cc1cccc(CNC(=O)c2ccc(-c3ccnc(Nc4cccc(CNCCO)c4)n3)s2)c1. The predicted octanol–water partition coefficient (Wildman–Crippen LogP) is 4.27. The number of carbonyl (C=O) groups excluding carboxylic acids is 1. The number of nitrogens with one attached hydrogen (secondary N) is 3. The van der Waals surface area contributed by atoms with Crippen LogP contribution in [0.5, 0.6) is 0 Å². The first-order valence-corrected chi connectivity index (χ1v) is 11.9. The smallest absolute Gasteiger partial charge is 0.261 e. The Kier molecular flexibility index (Phi) is 7.98. The Morgan fingerprint density at radius 2 is 1.82 bits per heavy atom. The summed E-state index contributed by atoms with van der Waals surface area (Å²) < 4.78 is 0. The van der Waals surface area contributed by atoms with Crippen molar-refractivity contribution in [1.82, 2.24) is 20.6 Å².